The van der Waals surface area contributed by atoms with Crippen molar-refractivity contribution < 1.29 is 47.9 Å². The number of hydrogen-bond donors (Lipinski definition) is 3. The second kappa shape index (κ2) is 28.7. The van der Waals surface area contributed by atoms with Crippen LogP contribution in [-0.2, 0) is 33.2 Å². The minimum absolute atomic E-state index is 0.0254. The summed E-state index contributed by atoms with van der Waals surface area (Å²) in [4.78, 5) is 38.1. The number of carboxylic acid groups (broad SMARTS) is 1. The number of nitrogens with one attached hydrogen (secondary N) is 2. The molecule has 0 spiro atoms. The zero-order valence-corrected chi connectivity index (χ0v) is 30.5. The summed E-state index contributed by atoms with van der Waals surface area (Å²) < 4.78 is 32.6. The second-order valence-electron chi connectivity index (χ2n) is 12.9. The lowest BCUT2D eigenvalue weighted by Gasteiger charge is -2.43. The van der Waals surface area contributed by atoms with Gasteiger partial charge in [-0.1, -0.05) is 104 Å². The van der Waals surface area contributed by atoms with Crippen LogP contribution in [0.3, 0.4) is 0 Å². The SMILES string of the molecule is CCCCCCCCCCCCCCCCCNC(=O)O[C@@H]1CCCO[C@H]1C(CCC(CC)OCOCCOC)(NC(=O)OC)C(=O)O. The van der Waals surface area contributed by atoms with E-state index in [1.165, 1.54) is 84.2 Å². The zero-order chi connectivity index (χ0) is 35.3. The van der Waals surface area contributed by atoms with E-state index in [0.29, 0.717) is 39.0 Å². The van der Waals surface area contributed by atoms with E-state index < -0.39 is 35.9 Å². The molecule has 0 aromatic heterocycles. The van der Waals surface area contributed by atoms with E-state index in [9.17, 15) is 19.5 Å². The molecular formula is C36H68N2O10. The molecule has 1 aliphatic rings. The van der Waals surface area contributed by atoms with Gasteiger partial charge in [0.1, 0.15) is 19.0 Å². The lowest BCUT2D eigenvalue weighted by atomic mass is 9.81. The number of carbonyl (C=O) groups excluding carboxylic acids is 2. The minimum atomic E-state index is -1.92. The van der Waals surface area contributed by atoms with Gasteiger partial charge >= 0.3 is 18.2 Å². The van der Waals surface area contributed by atoms with Gasteiger partial charge in [-0.05, 0) is 38.5 Å². The largest absolute Gasteiger partial charge is 0.479 e. The molecule has 4 atom stereocenters. The molecule has 0 aliphatic carbocycles. The lowest BCUT2D eigenvalue weighted by Crippen LogP contribution is -2.67. The van der Waals surface area contributed by atoms with Crippen molar-refractivity contribution in [2.45, 2.75) is 166 Å². The van der Waals surface area contributed by atoms with Crippen LogP contribution >= 0.6 is 0 Å². The Balaban J connectivity index is 2.52. The van der Waals surface area contributed by atoms with Gasteiger partial charge < -0.3 is 44.2 Å². The number of carboxylic acids is 1. The summed E-state index contributed by atoms with van der Waals surface area (Å²) in [5, 5.41) is 15.8. The third kappa shape index (κ3) is 19.1. The summed E-state index contributed by atoms with van der Waals surface area (Å²) in [6.45, 7) is 5.74. The Morgan fingerprint density at radius 2 is 1.46 bits per heavy atom. The molecule has 0 aromatic rings. The maximum absolute atomic E-state index is 12.9. The number of carbonyl (C=O) groups is 3. The number of ether oxygens (including phenoxy) is 6. The molecule has 282 valence electrons. The molecule has 2 amide bonds. The summed E-state index contributed by atoms with van der Waals surface area (Å²) in [5.74, 6) is -1.31. The molecule has 1 rings (SSSR count). The van der Waals surface area contributed by atoms with Crippen molar-refractivity contribution in [3.63, 3.8) is 0 Å². The molecule has 1 heterocycles. The first-order valence-electron chi connectivity index (χ1n) is 18.7. The Hall–Kier alpha value is -2.15. The van der Waals surface area contributed by atoms with E-state index in [1.807, 2.05) is 6.92 Å². The number of hydrogen-bond acceptors (Lipinski definition) is 9. The van der Waals surface area contributed by atoms with Crippen LogP contribution in [0.2, 0.25) is 0 Å². The van der Waals surface area contributed by atoms with E-state index in [2.05, 4.69) is 17.6 Å². The Labute approximate surface area is 290 Å². The van der Waals surface area contributed by atoms with Crippen molar-refractivity contribution in [2.24, 2.45) is 0 Å². The van der Waals surface area contributed by atoms with Gasteiger partial charge in [0, 0.05) is 20.3 Å². The first-order valence-corrected chi connectivity index (χ1v) is 18.7. The van der Waals surface area contributed by atoms with Gasteiger partial charge in [-0.25, -0.2) is 14.4 Å². The Bertz CT molecular complexity index is 833. The van der Waals surface area contributed by atoms with Crippen molar-refractivity contribution in [3.8, 4) is 0 Å². The minimum Gasteiger partial charge on any atom is -0.479 e. The van der Waals surface area contributed by atoms with Crippen LogP contribution in [0.15, 0.2) is 0 Å². The van der Waals surface area contributed by atoms with Crippen molar-refractivity contribution in [1.82, 2.24) is 10.6 Å². The first-order chi connectivity index (χ1) is 23.3. The molecule has 12 heteroatoms. The standard InChI is InChI=1S/C36H68N2O10/c1-5-7-8-9-10-11-12-13-14-15-16-17-18-19-20-25-37-34(41)48-31-22-21-26-46-32(31)36(33(39)40,38-35(42)44-4)24-23-30(6-2)47-29-45-28-27-43-3/h30-32H,5-29H2,1-4H3,(H,37,41)(H,38,42)(H,39,40)/t30?,31-,32-,36?/m1/s1. The third-order valence-electron chi connectivity index (χ3n) is 9.09. The van der Waals surface area contributed by atoms with Crippen molar-refractivity contribution in [3.05, 3.63) is 0 Å². The van der Waals surface area contributed by atoms with E-state index in [0.717, 1.165) is 19.3 Å². The monoisotopic (exact) mass is 688 g/mol. The molecule has 48 heavy (non-hydrogen) atoms. The quantitative estimate of drug-likeness (QED) is 0.0511. The van der Waals surface area contributed by atoms with Gasteiger partial charge in [0.15, 0.2) is 5.54 Å². The molecular weight excluding hydrogens is 620 g/mol. The number of methoxy groups -OCH3 is 2. The highest BCUT2D eigenvalue weighted by atomic mass is 16.7. The Morgan fingerprint density at radius 3 is 2.00 bits per heavy atom. The van der Waals surface area contributed by atoms with E-state index in [1.54, 1.807) is 7.11 Å². The van der Waals surface area contributed by atoms with Crippen LogP contribution in [0.25, 0.3) is 0 Å². The summed E-state index contributed by atoms with van der Waals surface area (Å²) in [7, 11) is 2.74. The van der Waals surface area contributed by atoms with Crippen LogP contribution in [0.1, 0.15) is 142 Å². The third-order valence-corrected chi connectivity index (χ3v) is 9.09. The van der Waals surface area contributed by atoms with Gasteiger partial charge in [-0.2, -0.15) is 0 Å². The first kappa shape index (κ1) is 43.9. The van der Waals surface area contributed by atoms with E-state index in [-0.39, 0.29) is 32.3 Å². The normalized spacial score (nSPS) is 18.1. The number of alkyl carbamates (subject to hydrolysis) is 2. The van der Waals surface area contributed by atoms with Crippen LogP contribution < -0.4 is 10.6 Å². The predicted octanol–water partition coefficient (Wildman–Crippen LogP) is 7.51. The maximum Gasteiger partial charge on any atom is 0.407 e. The van der Waals surface area contributed by atoms with Crippen molar-refractivity contribution in [2.75, 3.05) is 47.4 Å². The highest BCUT2D eigenvalue weighted by Gasteiger charge is 2.54. The molecule has 2 unspecified atom stereocenters. The molecule has 0 saturated carbocycles. The van der Waals surface area contributed by atoms with Crippen LogP contribution in [0.4, 0.5) is 9.59 Å². The molecule has 1 fully saturated rings. The van der Waals surface area contributed by atoms with Gasteiger partial charge in [-0.15, -0.1) is 0 Å². The number of aliphatic carboxylic acids is 1. The summed E-state index contributed by atoms with van der Waals surface area (Å²) in [6, 6.07) is 0. The highest BCUT2D eigenvalue weighted by Crippen LogP contribution is 2.32. The lowest BCUT2D eigenvalue weighted by molar-refractivity contribution is -0.168. The van der Waals surface area contributed by atoms with E-state index >= 15 is 0 Å². The van der Waals surface area contributed by atoms with Crippen LogP contribution in [0.5, 0.6) is 0 Å². The fourth-order valence-corrected chi connectivity index (χ4v) is 6.13. The summed E-state index contributed by atoms with van der Waals surface area (Å²) in [5.41, 5.74) is -1.92. The Morgan fingerprint density at radius 1 is 0.854 bits per heavy atom. The fourth-order valence-electron chi connectivity index (χ4n) is 6.13. The number of rotatable bonds is 30. The van der Waals surface area contributed by atoms with Crippen molar-refractivity contribution in [1.29, 1.82) is 0 Å². The second-order valence-corrected chi connectivity index (χ2v) is 12.9. The molecule has 1 saturated heterocycles. The summed E-state index contributed by atoms with van der Waals surface area (Å²) in [6.07, 6.45) is 16.9. The van der Waals surface area contributed by atoms with Gasteiger partial charge in [0.05, 0.1) is 26.4 Å². The topological polar surface area (TPSA) is 151 Å². The van der Waals surface area contributed by atoms with Crippen LogP contribution in [0, 0.1) is 0 Å². The van der Waals surface area contributed by atoms with Crippen molar-refractivity contribution >= 4 is 18.2 Å². The highest BCUT2D eigenvalue weighted by molar-refractivity contribution is 5.85. The van der Waals surface area contributed by atoms with Gasteiger partial charge in [0.25, 0.3) is 0 Å². The molecule has 3 N–H and O–H groups in total. The molecule has 0 bridgehead atoms. The van der Waals surface area contributed by atoms with Gasteiger partial charge in [0.2, 0.25) is 0 Å². The molecule has 12 nitrogen and oxygen atoms in total. The average molecular weight is 689 g/mol. The van der Waals surface area contributed by atoms with Gasteiger partial charge in [-0.3, -0.25) is 0 Å². The van der Waals surface area contributed by atoms with E-state index in [4.69, 9.17) is 28.4 Å². The number of amides is 2. The smallest absolute Gasteiger partial charge is 0.407 e. The molecule has 1 aliphatic heterocycles. The predicted molar refractivity (Wildman–Crippen MR) is 185 cm³/mol. The summed E-state index contributed by atoms with van der Waals surface area (Å²) >= 11 is 0. The fraction of sp³-hybridized carbons (Fsp3) is 0.917. The Kier molecular flexibility index (Phi) is 26.2. The number of unbranched alkanes of at least 4 members (excludes halogenated alkanes) is 14. The maximum atomic E-state index is 12.9. The average Bonchev–Trinajstić information content (AvgIpc) is 3.08. The molecule has 0 aromatic carbocycles. The molecule has 0 radical (unpaired) electrons. The van der Waals surface area contributed by atoms with Crippen LogP contribution in [-0.4, -0.2) is 94.5 Å². The zero-order valence-electron chi connectivity index (χ0n) is 30.5.